The fourth-order valence-corrected chi connectivity index (χ4v) is 3.56. The minimum atomic E-state index is -0.279. The number of nitrogens with zero attached hydrogens (tertiary/aromatic N) is 2. The number of hydrogen-bond donors (Lipinski definition) is 1. The second-order valence-corrected chi connectivity index (χ2v) is 5.92. The summed E-state index contributed by atoms with van der Waals surface area (Å²) in [5.41, 5.74) is -0.279. The molecule has 0 aliphatic heterocycles. The van der Waals surface area contributed by atoms with Crippen molar-refractivity contribution in [3.63, 3.8) is 0 Å². The molecule has 1 N–H and O–H groups in total. The van der Waals surface area contributed by atoms with Gasteiger partial charge >= 0.3 is 0 Å². The third kappa shape index (κ3) is 4.18. The zero-order valence-electron chi connectivity index (χ0n) is 13.6. The summed E-state index contributed by atoms with van der Waals surface area (Å²) in [5, 5.41) is 13.0. The number of nitrogens with one attached hydrogen (secondary N) is 1. The highest BCUT2D eigenvalue weighted by molar-refractivity contribution is 5.14. The van der Waals surface area contributed by atoms with E-state index in [1.54, 1.807) is 7.11 Å². The maximum atomic E-state index is 9.59. The molecule has 1 aliphatic rings. The molecule has 0 radical (unpaired) electrons. The monoisotopic (exact) mass is 281 g/mol. The summed E-state index contributed by atoms with van der Waals surface area (Å²) in [5.74, 6) is 0.483. The van der Waals surface area contributed by atoms with Crippen molar-refractivity contribution in [3.8, 4) is 6.07 Å². The molecule has 4 heteroatoms. The average Bonchev–Trinajstić information content (AvgIpc) is 2.84. The summed E-state index contributed by atoms with van der Waals surface area (Å²) < 4.78 is 5.25. The third-order valence-corrected chi connectivity index (χ3v) is 4.71. The van der Waals surface area contributed by atoms with Crippen LogP contribution in [0, 0.1) is 17.2 Å². The molecule has 0 amide bonds. The molecule has 0 bridgehead atoms. The maximum Gasteiger partial charge on any atom is 0.109 e. The smallest absolute Gasteiger partial charge is 0.109 e. The van der Waals surface area contributed by atoms with Gasteiger partial charge in [0.15, 0.2) is 0 Å². The summed E-state index contributed by atoms with van der Waals surface area (Å²) in [6, 6.07) is 3.02. The van der Waals surface area contributed by atoms with Crippen molar-refractivity contribution >= 4 is 0 Å². The molecule has 1 rings (SSSR count). The van der Waals surface area contributed by atoms with E-state index in [9.17, 15) is 5.26 Å². The lowest BCUT2D eigenvalue weighted by atomic mass is 9.85. The highest BCUT2D eigenvalue weighted by atomic mass is 16.5. The Hall–Kier alpha value is -0.630. The van der Waals surface area contributed by atoms with Crippen LogP contribution in [0.2, 0.25) is 0 Å². The van der Waals surface area contributed by atoms with E-state index in [1.165, 1.54) is 12.8 Å². The van der Waals surface area contributed by atoms with Gasteiger partial charge in [-0.05, 0) is 51.7 Å². The van der Waals surface area contributed by atoms with Gasteiger partial charge in [0.1, 0.15) is 5.54 Å². The highest BCUT2D eigenvalue weighted by Gasteiger charge is 2.42. The van der Waals surface area contributed by atoms with E-state index in [2.05, 4.69) is 37.1 Å². The molecule has 20 heavy (non-hydrogen) atoms. The molecule has 1 fully saturated rings. The van der Waals surface area contributed by atoms with Gasteiger partial charge in [-0.1, -0.05) is 20.3 Å². The topological polar surface area (TPSA) is 48.3 Å². The molecule has 3 unspecified atom stereocenters. The van der Waals surface area contributed by atoms with Crippen LogP contribution in [0.1, 0.15) is 46.5 Å². The first-order valence-electron chi connectivity index (χ1n) is 8.02. The Morgan fingerprint density at radius 3 is 2.80 bits per heavy atom. The molecule has 0 aromatic rings. The summed E-state index contributed by atoms with van der Waals surface area (Å²) in [4.78, 5) is 2.45. The molecule has 0 saturated heterocycles. The Labute approximate surface area is 124 Å². The number of ether oxygens (including phenoxy) is 1. The van der Waals surface area contributed by atoms with E-state index in [0.717, 1.165) is 39.1 Å². The van der Waals surface area contributed by atoms with Crippen molar-refractivity contribution in [1.29, 1.82) is 5.26 Å². The summed E-state index contributed by atoms with van der Waals surface area (Å²) in [6.07, 6.45) is 4.45. The number of rotatable bonds is 9. The lowest BCUT2D eigenvalue weighted by molar-refractivity contribution is 0.0960. The van der Waals surface area contributed by atoms with E-state index in [4.69, 9.17) is 4.74 Å². The fraction of sp³-hybridized carbons (Fsp3) is 0.938. The normalized spacial score (nSPS) is 27.7. The van der Waals surface area contributed by atoms with Crippen molar-refractivity contribution in [2.45, 2.75) is 58.0 Å². The first kappa shape index (κ1) is 17.4. The Bertz CT molecular complexity index is 315. The van der Waals surface area contributed by atoms with Gasteiger partial charge < -0.3 is 4.74 Å². The molecule has 116 valence electrons. The molecular formula is C16H31N3O. The molecule has 4 nitrogen and oxygen atoms in total. The van der Waals surface area contributed by atoms with E-state index in [0.29, 0.717) is 12.0 Å². The summed E-state index contributed by atoms with van der Waals surface area (Å²) in [7, 11) is 1.76. The van der Waals surface area contributed by atoms with Crippen LogP contribution in [0.25, 0.3) is 0 Å². The zero-order chi connectivity index (χ0) is 15.0. The van der Waals surface area contributed by atoms with Gasteiger partial charge in [0, 0.05) is 13.2 Å². The lowest BCUT2D eigenvalue weighted by Gasteiger charge is -2.33. The first-order chi connectivity index (χ1) is 9.63. The van der Waals surface area contributed by atoms with Gasteiger partial charge in [-0.15, -0.1) is 0 Å². The van der Waals surface area contributed by atoms with E-state index in [-0.39, 0.29) is 5.54 Å². The predicted octanol–water partition coefficient (Wildman–Crippen LogP) is 2.41. The Kier molecular flexibility index (Phi) is 7.50. The van der Waals surface area contributed by atoms with Crippen molar-refractivity contribution in [2.24, 2.45) is 5.92 Å². The van der Waals surface area contributed by atoms with Gasteiger partial charge in [0.25, 0.3) is 0 Å². The Balaban J connectivity index is 2.56. The molecule has 1 saturated carbocycles. The van der Waals surface area contributed by atoms with Gasteiger partial charge in [-0.25, -0.2) is 0 Å². The van der Waals surface area contributed by atoms with E-state index >= 15 is 0 Å². The van der Waals surface area contributed by atoms with Crippen LogP contribution in [0.4, 0.5) is 0 Å². The van der Waals surface area contributed by atoms with Crippen molar-refractivity contribution < 1.29 is 4.74 Å². The molecule has 0 spiro atoms. The number of methoxy groups -OCH3 is 1. The third-order valence-electron chi connectivity index (χ3n) is 4.71. The second-order valence-electron chi connectivity index (χ2n) is 5.92. The second kappa shape index (κ2) is 8.61. The largest absolute Gasteiger partial charge is 0.383 e. The zero-order valence-corrected chi connectivity index (χ0v) is 13.6. The Morgan fingerprint density at radius 1 is 1.50 bits per heavy atom. The van der Waals surface area contributed by atoms with Crippen LogP contribution in [0.3, 0.4) is 0 Å². The number of likely N-dealkylation sites (N-methyl/N-ethyl adjacent to an activating group) is 1. The molecule has 0 aromatic carbocycles. The van der Waals surface area contributed by atoms with Crippen LogP contribution in [-0.2, 0) is 4.74 Å². The number of hydrogen-bond acceptors (Lipinski definition) is 4. The maximum absolute atomic E-state index is 9.59. The molecule has 0 heterocycles. The molecule has 0 aromatic heterocycles. The lowest BCUT2D eigenvalue weighted by Crippen LogP contribution is -2.48. The number of nitriles is 1. The fourth-order valence-electron chi connectivity index (χ4n) is 3.56. The predicted molar refractivity (Wildman–Crippen MR) is 82.6 cm³/mol. The summed E-state index contributed by atoms with van der Waals surface area (Å²) >= 11 is 0. The molecular weight excluding hydrogens is 250 g/mol. The van der Waals surface area contributed by atoms with Crippen LogP contribution in [-0.4, -0.2) is 49.8 Å². The summed E-state index contributed by atoms with van der Waals surface area (Å²) in [6.45, 7) is 10.2. The van der Waals surface area contributed by atoms with Gasteiger partial charge in [-0.2, -0.15) is 5.26 Å². The molecule has 1 aliphatic carbocycles. The minimum Gasteiger partial charge on any atom is -0.383 e. The first-order valence-corrected chi connectivity index (χ1v) is 8.02. The quantitative estimate of drug-likeness (QED) is 0.705. The van der Waals surface area contributed by atoms with Crippen LogP contribution in [0.5, 0.6) is 0 Å². The highest BCUT2D eigenvalue weighted by Crippen LogP contribution is 2.37. The van der Waals surface area contributed by atoms with Crippen molar-refractivity contribution in [1.82, 2.24) is 10.2 Å². The molecule has 3 atom stereocenters. The van der Waals surface area contributed by atoms with E-state index in [1.807, 2.05) is 0 Å². The van der Waals surface area contributed by atoms with Crippen LogP contribution >= 0.6 is 0 Å². The van der Waals surface area contributed by atoms with Crippen LogP contribution < -0.4 is 5.32 Å². The van der Waals surface area contributed by atoms with Gasteiger partial charge in [-0.3, -0.25) is 10.2 Å². The van der Waals surface area contributed by atoms with Gasteiger partial charge in [0.2, 0.25) is 0 Å². The minimum absolute atomic E-state index is 0.279. The SMILES string of the molecule is CCNC1(C#N)CCCC1CCN(CC)C(C)COC. The van der Waals surface area contributed by atoms with E-state index < -0.39 is 0 Å². The van der Waals surface area contributed by atoms with Crippen molar-refractivity contribution in [2.75, 3.05) is 33.4 Å². The average molecular weight is 281 g/mol. The Morgan fingerprint density at radius 2 is 2.25 bits per heavy atom. The standard InChI is InChI=1S/C16H31N3O/c1-5-18-16(13-17)10-7-8-15(16)9-11-19(6-2)14(3)12-20-4/h14-15,18H,5-12H2,1-4H3. The van der Waals surface area contributed by atoms with Gasteiger partial charge in [0.05, 0.1) is 12.7 Å². The van der Waals surface area contributed by atoms with Crippen LogP contribution in [0.15, 0.2) is 0 Å². The van der Waals surface area contributed by atoms with Crippen molar-refractivity contribution in [3.05, 3.63) is 0 Å².